The van der Waals surface area contributed by atoms with Crippen molar-refractivity contribution in [2.24, 2.45) is 0 Å². The number of hydrogen-bond donors (Lipinski definition) is 0. The van der Waals surface area contributed by atoms with Crippen LogP contribution in [0.2, 0.25) is 5.02 Å². The first-order valence-corrected chi connectivity index (χ1v) is 5.55. The summed E-state index contributed by atoms with van der Waals surface area (Å²) in [6.45, 7) is 2.78. The van der Waals surface area contributed by atoms with Gasteiger partial charge in [0.15, 0.2) is 5.78 Å². The van der Waals surface area contributed by atoms with Crippen LogP contribution in [0.3, 0.4) is 0 Å². The van der Waals surface area contributed by atoms with Gasteiger partial charge in [-0.25, -0.2) is 0 Å². The fourth-order valence-electron chi connectivity index (χ4n) is 1.90. The molecule has 3 nitrogen and oxygen atoms in total. The lowest BCUT2D eigenvalue weighted by Crippen LogP contribution is -2.07. The highest BCUT2D eigenvalue weighted by molar-refractivity contribution is 6.32. The van der Waals surface area contributed by atoms with Crippen LogP contribution in [0, 0.1) is 0 Å². The summed E-state index contributed by atoms with van der Waals surface area (Å²) in [5.74, 6) is 0.191. The van der Waals surface area contributed by atoms with E-state index in [9.17, 15) is 4.79 Å². The maximum atomic E-state index is 11.3. The lowest BCUT2D eigenvalue weighted by molar-refractivity contribution is -0.114. The largest absolute Gasteiger partial charge is 0.295 e. The van der Waals surface area contributed by atoms with Crippen LogP contribution in [0.1, 0.15) is 31.9 Å². The topological polar surface area (TPSA) is 34.9 Å². The van der Waals surface area contributed by atoms with Crippen molar-refractivity contribution >= 4 is 23.0 Å². The van der Waals surface area contributed by atoms with Crippen molar-refractivity contribution < 1.29 is 4.79 Å². The summed E-state index contributed by atoms with van der Waals surface area (Å²) in [5.41, 5.74) is 1.93. The van der Waals surface area contributed by atoms with Crippen LogP contribution in [-0.4, -0.2) is 15.6 Å². The molecule has 1 aromatic heterocycles. The third-order valence-corrected chi connectivity index (χ3v) is 2.88. The van der Waals surface area contributed by atoms with Gasteiger partial charge in [0.1, 0.15) is 0 Å². The van der Waals surface area contributed by atoms with Gasteiger partial charge in [0.25, 0.3) is 0 Å². The summed E-state index contributed by atoms with van der Waals surface area (Å²) < 4.78 is 1.84. The smallest absolute Gasteiger partial charge is 0.156 e. The Morgan fingerprint density at radius 2 is 2.33 bits per heavy atom. The molecule has 0 aromatic carbocycles. The summed E-state index contributed by atoms with van der Waals surface area (Å²) in [7, 11) is 0. The number of nitrogens with zero attached hydrogens (tertiary/aromatic N) is 2. The Kier molecular flexibility index (Phi) is 2.91. The Labute approximate surface area is 93.7 Å². The van der Waals surface area contributed by atoms with Crippen LogP contribution in [0.15, 0.2) is 12.3 Å². The molecule has 15 heavy (non-hydrogen) atoms. The lowest BCUT2D eigenvalue weighted by atomic mass is 9.96. The number of allylic oxidation sites excluding steroid dienone is 2. The van der Waals surface area contributed by atoms with Crippen LogP contribution in [-0.2, 0) is 11.3 Å². The molecule has 0 amide bonds. The van der Waals surface area contributed by atoms with E-state index in [1.165, 1.54) is 0 Å². The second-order valence-corrected chi connectivity index (χ2v) is 4.05. The van der Waals surface area contributed by atoms with Gasteiger partial charge >= 0.3 is 0 Å². The van der Waals surface area contributed by atoms with E-state index < -0.39 is 0 Å². The molecule has 1 aromatic rings. The van der Waals surface area contributed by atoms with E-state index in [1.807, 2.05) is 11.6 Å². The second-order valence-electron chi connectivity index (χ2n) is 3.65. The normalized spacial score (nSPS) is 16.7. The molecule has 1 aliphatic carbocycles. The molecule has 0 atom stereocenters. The van der Waals surface area contributed by atoms with Gasteiger partial charge in [0.2, 0.25) is 0 Å². The zero-order chi connectivity index (χ0) is 10.8. The zero-order valence-corrected chi connectivity index (χ0v) is 9.42. The van der Waals surface area contributed by atoms with E-state index in [0.29, 0.717) is 11.4 Å². The summed E-state index contributed by atoms with van der Waals surface area (Å²) in [6.07, 6.45) is 5.83. The summed E-state index contributed by atoms with van der Waals surface area (Å²) in [5, 5.41) is 4.80. The third kappa shape index (κ3) is 1.97. The molecule has 0 saturated heterocycles. The van der Waals surface area contributed by atoms with Crippen molar-refractivity contribution in [2.75, 3.05) is 0 Å². The van der Waals surface area contributed by atoms with Crippen molar-refractivity contribution in [2.45, 2.75) is 32.7 Å². The standard InChI is InChI=1S/C11H13ClN2O/c1-2-14-11(10(12)7-13-14)8-4-3-5-9(15)6-8/h6-7H,2-5H2,1H3. The van der Waals surface area contributed by atoms with Crippen molar-refractivity contribution in [1.29, 1.82) is 0 Å². The second kappa shape index (κ2) is 4.19. The number of aromatic nitrogens is 2. The number of carbonyl (C=O) groups excluding carboxylic acids is 1. The molecule has 0 N–H and O–H groups in total. The van der Waals surface area contributed by atoms with E-state index in [2.05, 4.69) is 5.10 Å². The van der Waals surface area contributed by atoms with Gasteiger partial charge in [0.05, 0.1) is 16.9 Å². The number of hydrogen-bond acceptors (Lipinski definition) is 2. The van der Waals surface area contributed by atoms with Gasteiger partial charge in [0, 0.05) is 13.0 Å². The Morgan fingerprint density at radius 3 is 3.00 bits per heavy atom. The Morgan fingerprint density at radius 1 is 1.53 bits per heavy atom. The molecule has 1 aliphatic rings. The average molecular weight is 225 g/mol. The number of halogens is 1. The van der Waals surface area contributed by atoms with Gasteiger partial charge in [-0.3, -0.25) is 9.48 Å². The first-order valence-electron chi connectivity index (χ1n) is 5.17. The van der Waals surface area contributed by atoms with Gasteiger partial charge in [-0.1, -0.05) is 11.6 Å². The zero-order valence-electron chi connectivity index (χ0n) is 8.66. The highest BCUT2D eigenvalue weighted by Gasteiger charge is 2.17. The van der Waals surface area contributed by atoms with E-state index in [0.717, 1.165) is 30.7 Å². The Balaban J connectivity index is 2.43. The SMILES string of the molecule is CCn1ncc(Cl)c1C1=CC(=O)CCC1. The Hall–Kier alpha value is -1.09. The van der Waals surface area contributed by atoms with E-state index in [-0.39, 0.29) is 5.78 Å². The van der Waals surface area contributed by atoms with Crippen molar-refractivity contribution in [1.82, 2.24) is 9.78 Å². The molecule has 80 valence electrons. The maximum absolute atomic E-state index is 11.3. The van der Waals surface area contributed by atoms with E-state index >= 15 is 0 Å². The third-order valence-electron chi connectivity index (χ3n) is 2.60. The predicted octanol–water partition coefficient (Wildman–Crippen LogP) is 2.69. The molecule has 4 heteroatoms. The number of aryl methyl sites for hydroxylation is 1. The van der Waals surface area contributed by atoms with Crippen molar-refractivity contribution in [3.8, 4) is 0 Å². The number of rotatable bonds is 2. The van der Waals surface area contributed by atoms with Gasteiger partial charge in [-0.2, -0.15) is 5.10 Å². The molecule has 0 unspecified atom stereocenters. The first kappa shape index (κ1) is 10.4. The van der Waals surface area contributed by atoms with Crippen molar-refractivity contribution in [3.05, 3.63) is 23.0 Å². The van der Waals surface area contributed by atoms with Gasteiger partial charge < -0.3 is 0 Å². The van der Waals surface area contributed by atoms with Crippen LogP contribution >= 0.6 is 11.6 Å². The highest BCUT2D eigenvalue weighted by Crippen LogP contribution is 2.30. The van der Waals surface area contributed by atoms with Crippen LogP contribution in [0.25, 0.3) is 5.57 Å². The van der Waals surface area contributed by atoms with Crippen LogP contribution in [0.5, 0.6) is 0 Å². The van der Waals surface area contributed by atoms with E-state index in [4.69, 9.17) is 11.6 Å². The molecule has 0 radical (unpaired) electrons. The predicted molar refractivity (Wildman–Crippen MR) is 59.7 cm³/mol. The molecular formula is C11H13ClN2O. The number of ketones is 1. The minimum Gasteiger partial charge on any atom is -0.295 e. The quantitative estimate of drug-likeness (QED) is 0.774. The maximum Gasteiger partial charge on any atom is 0.156 e. The molecule has 0 spiro atoms. The molecule has 0 fully saturated rings. The van der Waals surface area contributed by atoms with Crippen molar-refractivity contribution in [3.63, 3.8) is 0 Å². The fraction of sp³-hybridized carbons (Fsp3) is 0.455. The molecule has 0 bridgehead atoms. The summed E-state index contributed by atoms with van der Waals surface area (Å²) in [6, 6.07) is 0. The summed E-state index contributed by atoms with van der Waals surface area (Å²) in [4.78, 5) is 11.3. The molecular weight excluding hydrogens is 212 g/mol. The minimum absolute atomic E-state index is 0.191. The van der Waals surface area contributed by atoms with Gasteiger partial charge in [-0.15, -0.1) is 0 Å². The highest BCUT2D eigenvalue weighted by atomic mass is 35.5. The summed E-state index contributed by atoms with van der Waals surface area (Å²) >= 11 is 6.07. The molecule has 0 saturated carbocycles. The number of carbonyl (C=O) groups is 1. The monoisotopic (exact) mass is 224 g/mol. The van der Waals surface area contributed by atoms with Gasteiger partial charge in [-0.05, 0) is 31.4 Å². The van der Waals surface area contributed by atoms with E-state index in [1.54, 1.807) is 12.3 Å². The fourth-order valence-corrected chi connectivity index (χ4v) is 2.16. The Bertz CT molecular complexity index is 420. The lowest BCUT2D eigenvalue weighted by Gasteiger charge is -2.13. The van der Waals surface area contributed by atoms with Crippen LogP contribution in [0.4, 0.5) is 0 Å². The average Bonchev–Trinajstić information content (AvgIpc) is 2.59. The molecule has 1 heterocycles. The van der Waals surface area contributed by atoms with Crippen LogP contribution < -0.4 is 0 Å². The minimum atomic E-state index is 0.191. The molecule has 2 rings (SSSR count). The molecule has 0 aliphatic heterocycles. The first-order chi connectivity index (χ1) is 7.22.